The first-order chi connectivity index (χ1) is 13.2. The third-order valence-corrected chi connectivity index (χ3v) is 5.76. The molecule has 0 aliphatic rings. The first-order valence-electron chi connectivity index (χ1n) is 8.31. The number of para-hydroxylation sites is 2. The Morgan fingerprint density at radius 3 is 2.78 bits per heavy atom. The zero-order valence-electron chi connectivity index (χ0n) is 14.5. The summed E-state index contributed by atoms with van der Waals surface area (Å²) in [5.74, 6) is 1.89. The van der Waals surface area contributed by atoms with Crippen LogP contribution in [0.5, 0.6) is 0 Å². The number of amides is 1. The molecular weight excluding hydrogens is 380 g/mol. The number of hydrogen-bond donors (Lipinski definition) is 1. The van der Waals surface area contributed by atoms with E-state index in [2.05, 4.69) is 15.5 Å². The van der Waals surface area contributed by atoms with Gasteiger partial charge in [0.1, 0.15) is 5.01 Å². The van der Waals surface area contributed by atoms with E-state index >= 15 is 0 Å². The molecule has 0 aliphatic carbocycles. The minimum absolute atomic E-state index is 0.0752. The van der Waals surface area contributed by atoms with Crippen molar-refractivity contribution in [2.45, 2.75) is 12.7 Å². The Balaban J connectivity index is 1.45. The Bertz CT molecular complexity index is 1060. The molecule has 0 fully saturated rings. The van der Waals surface area contributed by atoms with Crippen LogP contribution in [-0.4, -0.2) is 26.8 Å². The van der Waals surface area contributed by atoms with Crippen molar-refractivity contribution in [1.82, 2.24) is 15.1 Å². The van der Waals surface area contributed by atoms with Crippen LogP contribution in [0.3, 0.4) is 0 Å². The second-order valence-corrected chi connectivity index (χ2v) is 7.82. The van der Waals surface area contributed by atoms with E-state index in [9.17, 15) is 4.79 Å². The Hall–Kier alpha value is -2.71. The molecule has 27 heavy (non-hydrogen) atoms. The smallest absolute Gasteiger partial charge is 0.234 e. The molecule has 0 saturated carbocycles. The van der Waals surface area contributed by atoms with Crippen molar-refractivity contribution < 1.29 is 9.32 Å². The van der Waals surface area contributed by atoms with Crippen LogP contribution in [0, 0.1) is 6.92 Å². The highest BCUT2D eigenvalue weighted by molar-refractivity contribution is 7.99. The standard InChI is InChI=1S/C19H16N4O2S2/c1-12-20-17(23-25-12)10-26-11-18(24)21-14-7-3-2-6-13(14)19-22-15-8-4-5-9-16(15)27-19/h2-9H,10-11H2,1H3,(H,21,24). The van der Waals surface area contributed by atoms with Gasteiger partial charge >= 0.3 is 0 Å². The van der Waals surface area contributed by atoms with Crippen LogP contribution in [0.4, 0.5) is 5.69 Å². The highest BCUT2D eigenvalue weighted by Crippen LogP contribution is 2.34. The fourth-order valence-electron chi connectivity index (χ4n) is 2.59. The number of rotatable bonds is 6. The summed E-state index contributed by atoms with van der Waals surface area (Å²) < 4.78 is 6.05. The molecule has 0 bridgehead atoms. The number of hydrogen-bond acceptors (Lipinski definition) is 7. The molecule has 2 aromatic heterocycles. The van der Waals surface area contributed by atoms with Gasteiger partial charge in [-0.05, 0) is 24.3 Å². The largest absolute Gasteiger partial charge is 0.340 e. The summed E-state index contributed by atoms with van der Waals surface area (Å²) in [6.45, 7) is 1.74. The van der Waals surface area contributed by atoms with Crippen LogP contribution >= 0.6 is 23.1 Å². The van der Waals surface area contributed by atoms with E-state index in [1.807, 2.05) is 48.5 Å². The number of aryl methyl sites for hydroxylation is 1. The van der Waals surface area contributed by atoms with Crippen molar-refractivity contribution in [3.05, 3.63) is 60.2 Å². The van der Waals surface area contributed by atoms with Crippen LogP contribution in [0.25, 0.3) is 20.8 Å². The number of benzene rings is 2. The van der Waals surface area contributed by atoms with Gasteiger partial charge in [0.05, 0.1) is 27.4 Å². The zero-order valence-corrected chi connectivity index (χ0v) is 16.1. The lowest BCUT2D eigenvalue weighted by Gasteiger charge is -2.09. The lowest BCUT2D eigenvalue weighted by atomic mass is 10.2. The van der Waals surface area contributed by atoms with E-state index in [-0.39, 0.29) is 5.91 Å². The number of thioether (sulfide) groups is 1. The summed E-state index contributed by atoms with van der Waals surface area (Å²) in [6.07, 6.45) is 0. The maximum atomic E-state index is 12.4. The number of fused-ring (bicyclic) bond motifs is 1. The summed E-state index contributed by atoms with van der Waals surface area (Å²) in [4.78, 5) is 21.2. The van der Waals surface area contributed by atoms with Crippen molar-refractivity contribution in [3.8, 4) is 10.6 Å². The first-order valence-corrected chi connectivity index (χ1v) is 10.3. The molecule has 4 rings (SSSR count). The quantitative estimate of drug-likeness (QED) is 0.516. The fraction of sp³-hybridized carbons (Fsp3) is 0.158. The van der Waals surface area contributed by atoms with Crippen LogP contribution in [0.15, 0.2) is 53.1 Å². The Labute approximate surface area is 164 Å². The summed E-state index contributed by atoms with van der Waals surface area (Å²) in [6, 6.07) is 15.7. The SMILES string of the molecule is Cc1nc(CSCC(=O)Nc2ccccc2-c2nc3ccccc3s2)no1. The van der Waals surface area contributed by atoms with E-state index in [1.165, 1.54) is 11.8 Å². The van der Waals surface area contributed by atoms with Gasteiger partial charge in [-0.25, -0.2) is 4.98 Å². The molecular formula is C19H16N4O2S2. The monoisotopic (exact) mass is 396 g/mol. The van der Waals surface area contributed by atoms with Crippen molar-refractivity contribution >= 4 is 44.9 Å². The Kier molecular flexibility index (Phi) is 5.17. The molecule has 0 unspecified atom stereocenters. The maximum absolute atomic E-state index is 12.4. The maximum Gasteiger partial charge on any atom is 0.234 e. The average Bonchev–Trinajstić information content (AvgIpc) is 3.28. The Morgan fingerprint density at radius 1 is 1.15 bits per heavy atom. The number of anilines is 1. The topological polar surface area (TPSA) is 80.9 Å². The van der Waals surface area contributed by atoms with Crippen LogP contribution in [0.2, 0.25) is 0 Å². The number of carbonyl (C=O) groups is 1. The molecule has 0 radical (unpaired) electrons. The van der Waals surface area contributed by atoms with E-state index in [1.54, 1.807) is 18.3 Å². The van der Waals surface area contributed by atoms with Crippen molar-refractivity contribution in [3.63, 3.8) is 0 Å². The van der Waals surface area contributed by atoms with Gasteiger partial charge in [0.15, 0.2) is 5.82 Å². The molecule has 0 atom stereocenters. The molecule has 1 N–H and O–H groups in total. The van der Waals surface area contributed by atoms with Gasteiger partial charge in [0.25, 0.3) is 0 Å². The van der Waals surface area contributed by atoms with Crippen LogP contribution in [-0.2, 0) is 10.5 Å². The summed E-state index contributed by atoms with van der Waals surface area (Å²) in [7, 11) is 0. The van der Waals surface area contributed by atoms with Crippen LogP contribution < -0.4 is 5.32 Å². The van der Waals surface area contributed by atoms with Gasteiger partial charge in [0, 0.05) is 12.5 Å². The van der Waals surface area contributed by atoms with E-state index < -0.39 is 0 Å². The third kappa shape index (κ3) is 4.17. The average molecular weight is 396 g/mol. The van der Waals surface area contributed by atoms with Gasteiger partial charge in [-0.1, -0.05) is 29.4 Å². The highest BCUT2D eigenvalue weighted by atomic mass is 32.2. The van der Waals surface area contributed by atoms with Gasteiger partial charge in [-0.15, -0.1) is 23.1 Å². The van der Waals surface area contributed by atoms with E-state index in [0.29, 0.717) is 23.2 Å². The molecule has 1 amide bonds. The van der Waals surface area contributed by atoms with Crippen molar-refractivity contribution in [1.29, 1.82) is 0 Å². The minimum Gasteiger partial charge on any atom is -0.340 e. The molecule has 0 spiro atoms. The van der Waals surface area contributed by atoms with Crippen molar-refractivity contribution in [2.75, 3.05) is 11.1 Å². The van der Waals surface area contributed by atoms with E-state index in [0.717, 1.165) is 26.5 Å². The zero-order chi connectivity index (χ0) is 18.6. The first kappa shape index (κ1) is 17.7. The molecule has 6 nitrogen and oxygen atoms in total. The predicted molar refractivity (Wildman–Crippen MR) is 109 cm³/mol. The number of aromatic nitrogens is 3. The minimum atomic E-state index is -0.0752. The second-order valence-electron chi connectivity index (χ2n) is 5.80. The summed E-state index contributed by atoms with van der Waals surface area (Å²) in [5.41, 5.74) is 2.65. The van der Waals surface area contributed by atoms with E-state index in [4.69, 9.17) is 9.51 Å². The number of carbonyl (C=O) groups excluding carboxylic acids is 1. The normalized spacial score (nSPS) is 11.0. The number of thiazole rings is 1. The van der Waals surface area contributed by atoms with Gasteiger partial charge < -0.3 is 9.84 Å². The fourth-order valence-corrected chi connectivity index (χ4v) is 4.25. The summed E-state index contributed by atoms with van der Waals surface area (Å²) in [5, 5.41) is 7.70. The van der Waals surface area contributed by atoms with Crippen molar-refractivity contribution in [2.24, 2.45) is 0 Å². The predicted octanol–water partition coefficient (Wildman–Crippen LogP) is 4.53. The molecule has 136 valence electrons. The molecule has 0 saturated heterocycles. The molecule has 4 aromatic rings. The number of nitrogens with one attached hydrogen (secondary N) is 1. The van der Waals surface area contributed by atoms with Gasteiger partial charge in [-0.2, -0.15) is 4.98 Å². The highest BCUT2D eigenvalue weighted by Gasteiger charge is 2.13. The molecule has 2 aromatic carbocycles. The van der Waals surface area contributed by atoms with Gasteiger partial charge in [0.2, 0.25) is 11.8 Å². The lowest BCUT2D eigenvalue weighted by molar-refractivity contribution is -0.113. The third-order valence-electron chi connectivity index (χ3n) is 3.76. The molecule has 8 heteroatoms. The lowest BCUT2D eigenvalue weighted by Crippen LogP contribution is -2.14. The second kappa shape index (κ2) is 7.89. The summed E-state index contributed by atoms with van der Waals surface area (Å²) >= 11 is 3.06. The Morgan fingerprint density at radius 2 is 1.96 bits per heavy atom. The van der Waals surface area contributed by atoms with Crippen LogP contribution in [0.1, 0.15) is 11.7 Å². The number of nitrogens with zero attached hydrogens (tertiary/aromatic N) is 3. The van der Waals surface area contributed by atoms with Gasteiger partial charge in [-0.3, -0.25) is 4.79 Å². The molecule has 2 heterocycles. The molecule has 0 aliphatic heterocycles.